The van der Waals surface area contributed by atoms with Gasteiger partial charge in [-0.15, -0.1) is 0 Å². The molecule has 0 unspecified atom stereocenters. The summed E-state index contributed by atoms with van der Waals surface area (Å²) in [6, 6.07) is 26.6. The highest BCUT2D eigenvalue weighted by Crippen LogP contribution is 2.29. The maximum Gasteiger partial charge on any atom is 0.252 e. The lowest BCUT2D eigenvalue weighted by atomic mass is 9.88. The van der Waals surface area contributed by atoms with Crippen LogP contribution in [0.5, 0.6) is 0 Å². The zero-order valence-electron chi connectivity index (χ0n) is 20.6. The van der Waals surface area contributed by atoms with Crippen LogP contribution in [-0.4, -0.2) is 25.7 Å². The summed E-state index contributed by atoms with van der Waals surface area (Å²) < 4.78 is 6.95. The number of hydrogen-bond acceptors (Lipinski definition) is 5. The molecule has 2 aromatic carbocycles. The summed E-state index contributed by atoms with van der Waals surface area (Å²) in [5.74, 6) is 0.824. The van der Waals surface area contributed by atoms with E-state index in [-0.39, 0.29) is 35.7 Å². The number of hydrogen-bond donors (Lipinski definition) is 2. The molecule has 3 heterocycles. The molecule has 5 rings (SSSR count). The molecule has 0 radical (unpaired) electrons. The van der Waals surface area contributed by atoms with E-state index >= 15 is 0 Å². The topological polar surface area (TPSA) is 106 Å². The zero-order chi connectivity index (χ0) is 25.8. The molecular weight excluding hydrogens is 466 g/mol. The van der Waals surface area contributed by atoms with Crippen LogP contribution in [0.3, 0.4) is 0 Å². The Bertz CT molecular complexity index is 1500. The molecule has 8 heteroatoms. The maximum absolute atomic E-state index is 13.4. The van der Waals surface area contributed by atoms with E-state index in [1.54, 1.807) is 24.5 Å². The Morgan fingerprint density at radius 1 is 0.973 bits per heavy atom. The van der Waals surface area contributed by atoms with E-state index in [2.05, 4.69) is 20.4 Å². The Morgan fingerprint density at radius 2 is 1.65 bits per heavy atom. The molecule has 0 bridgehead atoms. The number of H-pyrrole nitrogens is 1. The number of nitrogens with one attached hydrogen (secondary N) is 2. The van der Waals surface area contributed by atoms with Gasteiger partial charge in [-0.05, 0) is 29.2 Å². The number of carbonyl (C=O) groups is 1. The van der Waals surface area contributed by atoms with Crippen LogP contribution in [0.1, 0.15) is 48.9 Å². The molecule has 0 fully saturated rings. The van der Waals surface area contributed by atoms with Crippen molar-refractivity contribution in [2.24, 2.45) is 0 Å². The number of nitrogens with zero attached hydrogens (tertiary/aromatic N) is 3. The standard InChI is InChI=1S/C29H27N5O3/c1-19(2)23-18-28(36)32-29(30-23)34-26(17-24(33-34)25-14-9-15-37-25)31-27(35)16-22(20-10-5-3-6-11-20)21-12-7-4-8-13-21/h3-15,17-19,22H,16H2,1-2H3,(H,31,35)(H,30,32,36). The van der Waals surface area contributed by atoms with Crippen LogP contribution in [0.25, 0.3) is 17.4 Å². The van der Waals surface area contributed by atoms with Gasteiger partial charge >= 0.3 is 0 Å². The molecular formula is C29H27N5O3. The summed E-state index contributed by atoms with van der Waals surface area (Å²) in [6.07, 6.45) is 1.77. The Hall–Kier alpha value is -4.72. The average Bonchev–Trinajstić information content (AvgIpc) is 3.58. The largest absolute Gasteiger partial charge is 0.463 e. The molecule has 0 aliphatic heterocycles. The summed E-state index contributed by atoms with van der Waals surface area (Å²) in [4.78, 5) is 33.1. The van der Waals surface area contributed by atoms with Crippen molar-refractivity contribution in [2.75, 3.05) is 5.32 Å². The van der Waals surface area contributed by atoms with Crippen molar-refractivity contribution in [3.8, 4) is 17.4 Å². The van der Waals surface area contributed by atoms with Gasteiger partial charge in [0.25, 0.3) is 5.56 Å². The van der Waals surface area contributed by atoms with Crippen molar-refractivity contribution in [1.29, 1.82) is 0 Å². The number of aromatic nitrogens is 4. The zero-order valence-corrected chi connectivity index (χ0v) is 20.6. The lowest BCUT2D eigenvalue weighted by Gasteiger charge is -2.18. The van der Waals surface area contributed by atoms with Gasteiger partial charge in [0.1, 0.15) is 11.5 Å². The van der Waals surface area contributed by atoms with Gasteiger partial charge in [-0.3, -0.25) is 14.6 Å². The first-order valence-corrected chi connectivity index (χ1v) is 12.1. The normalized spacial score (nSPS) is 11.2. The van der Waals surface area contributed by atoms with Crippen molar-refractivity contribution in [3.05, 3.63) is 118 Å². The van der Waals surface area contributed by atoms with Gasteiger partial charge in [0.05, 0.1) is 12.0 Å². The second-order valence-electron chi connectivity index (χ2n) is 9.08. The van der Waals surface area contributed by atoms with E-state index in [4.69, 9.17) is 4.42 Å². The molecule has 37 heavy (non-hydrogen) atoms. The van der Waals surface area contributed by atoms with Crippen molar-refractivity contribution in [2.45, 2.75) is 32.1 Å². The minimum absolute atomic E-state index is 0.0386. The van der Waals surface area contributed by atoms with E-state index in [0.717, 1.165) is 11.1 Å². The van der Waals surface area contributed by atoms with Crippen LogP contribution in [-0.2, 0) is 4.79 Å². The van der Waals surface area contributed by atoms with E-state index in [9.17, 15) is 9.59 Å². The first kappa shape index (κ1) is 24.0. The van der Waals surface area contributed by atoms with Gasteiger partial charge in [0.2, 0.25) is 11.9 Å². The van der Waals surface area contributed by atoms with Crippen molar-refractivity contribution in [1.82, 2.24) is 19.7 Å². The number of benzene rings is 2. The van der Waals surface area contributed by atoms with Crippen molar-refractivity contribution in [3.63, 3.8) is 0 Å². The van der Waals surface area contributed by atoms with Gasteiger partial charge in [0, 0.05) is 24.5 Å². The quantitative estimate of drug-likeness (QED) is 0.297. The third kappa shape index (κ3) is 5.43. The molecule has 0 saturated carbocycles. The highest BCUT2D eigenvalue weighted by molar-refractivity contribution is 5.91. The number of rotatable bonds is 8. The molecule has 3 aromatic heterocycles. The summed E-state index contributed by atoms with van der Waals surface area (Å²) in [7, 11) is 0. The minimum atomic E-state index is -0.297. The van der Waals surface area contributed by atoms with Crippen molar-refractivity contribution >= 4 is 11.7 Å². The Kier molecular flexibility index (Phi) is 6.81. The number of furan rings is 1. The summed E-state index contributed by atoms with van der Waals surface area (Å²) in [5, 5.41) is 7.58. The van der Waals surface area contributed by atoms with E-state index in [1.165, 1.54) is 10.7 Å². The molecule has 0 aliphatic carbocycles. The first-order valence-electron chi connectivity index (χ1n) is 12.1. The van der Waals surface area contributed by atoms with Gasteiger partial charge in [-0.25, -0.2) is 4.98 Å². The van der Waals surface area contributed by atoms with Crippen LogP contribution in [0, 0.1) is 0 Å². The van der Waals surface area contributed by atoms with Gasteiger partial charge in [-0.1, -0.05) is 74.5 Å². The summed E-state index contributed by atoms with van der Waals surface area (Å²) >= 11 is 0. The smallest absolute Gasteiger partial charge is 0.252 e. The molecule has 186 valence electrons. The lowest BCUT2D eigenvalue weighted by molar-refractivity contribution is -0.116. The number of amides is 1. The molecule has 0 aliphatic rings. The molecule has 1 amide bonds. The van der Waals surface area contributed by atoms with Gasteiger partial charge in [0.15, 0.2) is 5.76 Å². The molecule has 5 aromatic rings. The van der Waals surface area contributed by atoms with Gasteiger partial charge < -0.3 is 9.73 Å². The van der Waals surface area contributed by atoms with Crippen LogP contribution in [0.15, 0.2) is 100 Å². The average molecular weight is 494 g/mol. The number of anilines is 1. The van der Waals surface area contributed by atoms with E-state index in [0.29, 0.717) is 23.0 Å². The van der Waals surface area contributed by atoms with Crippen LogP contribution < -0.4 is 10.9 Å². The first-order chi connectivity index (χ1) is 18.0. The van der Waals surface area contributed by atoms with E-state index < -0.39 is 0 Å². The number of carbonyl (C=O) groups excluding carboxylic acids is 1. The number of aromatic amines is 1. The highest BCUT2D eigenvalue weighted by Gasteiger charge is 2.21. The lowest BCUT2D eigenvalue weighted by Crippen LogP contribution is -2.21. The fourth-order valence-electron chi connectivity index (χ4n) is 4.21. The van der Waals surface area contributed by atoms with Gasteiger partial charge in [-0.2, -0.15) is 9.78 Å². The predicted molar refractivity (Wildman–Crippen MR) is 142 cm³/mol. The fourth-order valence-corrected chi connectivity index (χ4v) is 4.21. The fraction of sp³-hybridized carbons (Fsp3) is 0.172. The second kappa shape index (κ2) is 10.5. The Morgan fingerprint density at radius 3 is 2.24 bits per heavy atom. The predicted octanol–water partition coefficient (Wildman–Crippen LogP) is 5.50. The molecule has 0 spiro atoms. The van der Waals surface area contributed by atoms with Crippen molar-refractivity contribution < 1.29 is 9.21 Å². The minimum Gasteiger partial charge on any atom is -0.463 e. The SMILES string of the molecule is CC(C)c1cc(=O)[nH]c(-n2nc(-c3ccco3)cc2NC(=O)CC(c2ccccc2)c2ccccc2)n1. The third-order valence-corrected chi connectivity index (χ3v) is 6.09. The monoisotopic (exact) mass is 493 g/mol. The van der Waals surface area contributed by atoms with Crippen LogP contribution >= 0.6 is 0 Å². The van der Waals surface area contributed by atoms with E-state index in [1.807, 2.05) is 74.5 Å². The van der Waals surface area contributed by atoms with Crippen LogP contribution in [0.2, 0.25) is 0 Å². The molecule has 2 N–H and O–H groups in total. The highest BCUT2D eigenvalue weighted by atomic mass is 16.3. The Balaban J connectivity index is 1.50. The maximum atomic E-state index is 13.4. The Labute approximate surface area is 214 Å². The summed E-state index contributed by atoms with van der Waals surface area (Å²) in [5.41, 5.74) is 2.92. The molecule has 0 atom stereocenters. The molecule has 8 nitrogen and oxygen atoms in total. The van der Waals surface area contributed by atoms with Crippen LogP contribution in [0.4, 0.5) is 5.82 Å². The molecule has 0 saturated heterocycles. The summed E-state index contributed by atoms with van der Waals surface area (Å²) in [6.45, 7) is 3.91. The third-order valence-electron chi connectivity index (χ3n) is 6.09. The second-order valence-corrected chi connectivity index (χ2v) is 9.08.